The molecule has 112 valence electrons. The standard InChI is InChI=1S/C14H22N2O3S/c1-19-14-7-3-2-5-12(14)8-10-16-20(17,18)13-6-4-9-15-11-13/h2-3,5,7,13,15-16H,4,6,8-11H2,1H3. The highest BCUT2D eigenvalue weighted by Crippen LogP contribution is 2.17. The minimum absolute atomic E-state index is 0.311. The van der Waals surface area contributed by atoms with Gasteiger partial charge in [0.1, 0.15) is 5.75 Å². The summed E-state index contributed by atoms with van der Waals surface area (Å²) in [4.78, 5) is 0. The van der Waals surface area contributed by atoms with Gasteiger partial charge in [0.15, 0.2) is 0 Å². The third kappa shape index (κ3) is 3.94. The Bertz CT molecular complexity index is 525. The molecule has 1 aromatic rings. The summed E-state index contributed by atoms with van der Waals surface area (Å²) >= 11 is 0. The number of nitrogens with one attached hydrogen (secondary N) is 2. The second kappa shape index (κ2) is 7.06. The lowest BCUT2D eigenvalue weighted by Gasteiger charge is -2.23. The van der Waals surface area contributed by atoms with Crippen molar-refractivity contribution in [1.82, 2.24) is 10.0 Å². The van der Waals surface area contributed by atoms with Crippen LogP contribution in [0.4, 0.5) is 0 Å². The SMILES string of the molecule is COc1ccccc1CCNS(=O)(=O)C1CCCNC1. The maximum Gasteiger partial charge on any atom is 0.215 e. The van der Waals surface area contributed by atoms with Crippen molar-refractivity contribution in [3.8, 4) is 5.75 Å². The largest absolute Gasteiger partial charge is 0.496 e. The molecule has 0 radical (unpaired) electrons. The first-order valence-corrected chi connectivity index (χ1v) is 8.49. The summed E-state index contributed by atoms with van der Waals surface area (Å²) in [6, 6.07) is 7.67. The first-order valence-electron chi connectivity index (χ1n) is 6.94. The number of benzene rings is 1. The Kier molecular flexibility index (Phi) is 5.39. The van der Waals surface area contributed by atoms with Crippen LogP contribution >= 0.6 is 0 Å². The lowest BCUT2D eigenvalue weighted by molar-refractivity contribution is 0.409. The molecule has 2 N–H and O–H groups in total. The highest BCUT2D eigenvalue weighted by atomic mass is 32.2. The minimum Gasteiger partial charge on any atom is -0.496 e. The summed E-state index contributed by atoms with van der Waals surface area (Å²) in [5, 5.41) is 2.82. The van der Waals surface area contributed by atoms with E-state index in [0.717, 1.165) is 30.7 Å². The van der Waals surface area contributed by atoms with E-state index in [4.69, 9.17) is 4.74 Å². The Morgan fingerprint density at radius 2 is 2.20 bits per heavy atom. The molecule has 1 aromatic carbocycles. The van der Waals surface area contributed by atoms with Crippen LogP contribution in [0.1, 0.15) is 18.4 Å². The van der Waals surface area contributed by atoms with Crippen molar-refractivity contribution in [3.05, 3.63) is 29.8 Å². The molecule has 1 unspecified atom stereocenters. The fourth-order valence-electron chi connectivity index (χ4n) is 2.44. The fourth-order valence-corrected chi connectivity index (χ4v) is 3.88. The van der Waals surface area contributed by atoms with Gasteiger partial charge in [-0.2, -0.15) is 0 Å². The zero-order valence-electron chi connectivity index (χ0n) is 11.8. The van der Waals surface area contributed by atoms with E-state index >= 15 is 0 Å². The highest BCUT2D eigenvalue weighted by Gasteiger charge is 2.26. The molecule has 0 bridgehead atoms. The molecule has 2 rings (SSSR count). The molecule has 0 saturated carbocycles. The maximum atomic E-state index is 12.1. The van der Waals surface area contributed by atoms with Gasteiger partial charge < -0.3 is 10.1 Å². The number of sulfonamides is 1. The van der Waals surface area contributed by atoms with E-state index in [0.29, 0.717) is 19.5 Å². The molecule has 1 aliphatic heterocycles. The van der Waals surface area contributed by atoms with Crippen molar-refractivity contribution in [2.24, 2.45) is 0 Å². The second-order valence-corrected chi connectivity index (χ2v) is 7.01. The van der Waals surface area contributed by atoms with Crippen molar-refractivity contribution in [2.75, 3.05) is 26.7 Å². The molecule has 20 heavy (non-hydrogen) atoms. The topological polar surface area (TPSA) is 67.4 Å². The van der Waals surface area contributed by atoms with E-state index < -0.39 is 10.0 Å². The Labute approximate surface area is 120 Å². The number of rotatable bonds is 6. The third-order valence-corrected chi connectivity index (χ3v) is 5.47. The molecule has 0 spiro atoms. The maximum absolute atomic E-state index is 12.1. The van der Waals surface area contributed by atoms with Crippen LogP contribution in [0.2, 0.25) is 0 Å². The van der Waals surface area contributed by atoms with Crippen LogP contribution in [0.3, 0.4) is 0 Å². The number of methoxy groups -OCH3 is 1. The number of hydrogen-bond donors (Lipinski definition) is 2. The Balaban J connectivity index is 1.88. The fraction of sp³-hybridized carbons (Fsp3) is 0.571. The summed E-state index contributed by atoms with van der Waals surface area (Å²) < 4.78 is 32.3. The van der Waals surface area contributed by atoms with Crippen molar-refractivity contribution in [1.29, 1.82) is 0 Å². The van der Waals surface area contributed by atoms with Crippen LogP contribution in [0.5, 0.6) is 5.75 Å². The van der Waals surface area contributed by atoms with Crippen molar-refractivity contribution < 1.29 is 13.2 Å². The van der Waals surface area contributed by atoms with Crippen molar-refractivity contribution in [2.45, 2.75) is 24.5 Å². The Hall–Kier alpha value is -1.11. The number of hydrogen-bond acceptors (Lipinski definition) is 4. The van der Waals surface area contributed by atoms with Gasteiger partial charge in [0, 0.05) is 13.1 Å². The van der Waals surface area contributed by atoms with Gasteiger partial charge in [-0.05, 0) is 37.4 Å². The molecular weight excluding hydrogens is 276 g/mol. The predicted molar refractivity (Wildman–Crippen MR) is 79.5 cm³/mol. The summed E-state index contributed by atoms with van der Waals surface area (Å²) in [6.07, 6.45) is 2.28. The lowest BCUT2D eigenvalue weighted by Crippen LogP contribution is -2.44. The third-order valence-electron chi connectivity index (χ3n) is 3.58. The first kappa shape index (κ1) is 15.3. The summed E-state index contributed by atoms with van der Waals surface area (Å²) in [7, 11) is -1.60. The quantitative estimate of drug-likeness (QED) is 0.819. The number of piperidine rings is 1. The van der Waals surface area contributed by atoms with E-state index in [-0.39, 0.29) is 5.25 Å². The average Bonchev–Trinajstić information content (AvgIpc) is 2.48. The summed E-state index contributed by atoms with van der Waals surface area (Å²) in [5.41, 5.74) is 1.01. The molecule has 5 nitrogen and oxygen atoms in total. The molecule has 1 atom stereocenters. The van der Waals surface area contributed by atoms with Gasteiger partial charge in [-0.3, -0.25) is 0 Å². The van der Waals surface area contributed by atoms with Gasteiger partial charge in [-0.25, -0.2) is 13.1 Å². The van der Waals surface area contributed by atoms with Crippen molar-refractivity contribution >= 4 is 10.0 Å². The molecule has 1 aliphatic rings. The molecule has 1 saturated heterocycles. The molecule has 0 aromatic heterocycles. The van der Waals surface area contributed by atoms with E-state index in [2.05, 4.69) is 10.0 Å². The van der Waals surface area contributed by atoms with Gasteiger partial charge in [-0.1, -0.05) is 18.2 Å². The molecule has 1 fully saturated rings. The van der Waals surface area contributed by atoms with Gasteiger partial charge >= 0.3 is 0 Å². The molecule has 0 aliphatic carbocycles. The Morgan fingerprint density at radius 3 is 2.90 bits per heavy atom. The normalized spacial score (nSPS) is 19.8. The monoisotopic (exact) mass is 298 g/mol. The van der Waals surface area contributed by atoms with Gasteiger partial charge in [0.2, 0.25) is 10.0 Å². The summed E-state index contributed by atoms with van der Waals surface area (Å²) in [5.74, 6) is 0.797. The number of para-hydroxylation sites is 1. The van der Waals surface area contributed by atoms with Crippen LogP contribution in [0.15, 0.2) is 24.3 Å². The zero-order valence-corrected chi connectivity index (χ0v) is 12.6. The smallest absolute Gasteiger partial charge is 0.215 e. The number of ether oxygens (including phenoxy) is 1. The highest BCUT2D eigenvalue weighted by molar-refractivity contribution is 7.90. The van der Waals surface area contributed by atoms with Crippen LogP contribution in [0.25, 0.3) is 0 Å². The lowest BCUT2D eigenvalue weighted by atomic mass is 10.1. The summed E-state index contributed by atoms with van der Waals surface area (Å²) in [6.45, 7) is 1.86. The molecule has 0 amide bonds. The van der Waals surface area contributed by atoms with Gasteiger partial charge in [0.25, 0.3) is 0 Å². The van der Waals surface area contributed by atoms with E-state index in [9.17, 15) is 8.42 Å². The van der Waals surface area contributed by atoms with Crippen LogP contribution < -0.4 is 14.8 Å². The van der Waals surface area contributed by atoms with Crippen LogP contribution in [-0.2, 0) is 16.4 Å². The Morgan fingerprint density at radius 1 is 1.40 bits per heavy atom. The van der Waals surface area contributed by atoms with Gasteiger partial charge in [-0.15, -0.1) is 0 Å². The minimum atomic E-state index is -3.23. The van der Waals surface area contributed by atoms with Crippen LogP contribution in [-0.4, -0.2) is 40.4 Å². The van der Waals surface area contributed by atoms with E-state index in [1.807, 2.05) is 24.3 Å². The van der Waals surface area contributed by atoms with E-state index in [1.165, 1.54) is 0 Å². The first-order chi connectivity index (χ1) is 9.63. The zero-order chi connectivity index (χ0) is 14.4. The van der Waals surface area contributed by atoms with Crippen molar-refractivity contribution in [3.63, 3.8) is 0 Å². The molecular formula is C14H22N2O3S. The average molecular weight is 298 g/mol. The second-order valence-electron chi connectivity index (χ2n) is 4.97. The predicted octanol–water partition coefficient (Wildman–Crippen LogP) is 0.909. The van der Waals surface area contributed by atoms with Gasteiger partial charge in [0.05, 0.1) is 12.4 Å². The molecule has 1 heterocycles. The van der Waals surface area contributed by atoms with Crippen LogP contribution in [0, 0.1) is 0 Å². The van der Waals surface area contributed by atoms with E-state index in [1.54, 1.807) is 7.11 Å². The molecule has 6 heteroatoms.